The molecular formula is C23H20FN3O2. The summed E-state index contributed by atoms with van der Waals surface area (Å²) < 4.78 is 19.1. The lowest BCUT2D eigenvalue weighted by molar-refractivity contribution is 0.0935. The molecule has 0 radical (unpaired) electrons. The minimum Gasteiger partial charge on any atom is -0.487 e. The molecule has 2 aromatic carbocycles. The van der Waals surface area contributed by atoms with Crippen LogP contribution in [0.3, 0.4) is 0 Å². The van der Waals surface area contributed by atoms with E-state index in [9.17, 15) is 9.18 Å². The maximum atomic E-state index is 13.3. The van der Waals surface area contributed by atoms with Crippen molar-refractivity contribution in [2.45, 2.75) is 19.6 Å². The Hall–Kier alpha value is -3.67. The van der Waals surface area contributed by atoms with Gasteiger partial charge in [-0.25, -0.2) is 4.39 Å². The second-order valence-electron chi connectivity index (χ2n) is 6.80. The van der Waals surface area contributed by atoms with Gasteiger partial charge in [0.05, 0.1) is 17.9 Å². The van der Waals surface area contributed by atoms with Crippen molar-refractivity contribution < 1.29 is 13.9 Å². The summed E-state index contributed by atoms with van der Waals surface area (Å²) in [5.41, 5.74) is 2.88. The van der Waals surface area contributed by atoms with Crippen molar-refractivity contribution in [3.8, 4) is 5.75 Å². The Balaban J connectivity index is 1.38. The van der Waals surface area contributed by atoms with Crippen molar-refractivity contribution >= 4 is 16.8 Å². The van der Waals surface area contributed by atoms with Gasteiger partial charge in [-0.2, -0.15) is 0 Å². The van der Waals surface area contributed by atoms with Crippen LogP contribution in [-0.2, 0) is 6.61 Å². The minimum atomic E-state index is -0.337. The number of hydrogen-bond donors (Lipinski definition) is 2. The molecule has 0 bridgehead atoms. The molecule has 146 valence electrons. The number of aromatic amines is 1. The number of halogens is 1. The highest BCUT2D eigenvalue weighted by Crippen LogP contribution is 2.19. The summed E-state index contributed by atoms with van der Waals surface area (Å²) in [6.07, 6.45) is 1.65. The summed E-state index contributed by atoms with van der Waals surface area (Å²) >= 11 is 0. The predicted octanol–water partition coefficient (Wildman–Crippen LogP) is 4.77. The summed E-state index contributed by atoms with van der Waals surface area (Å²) in [4.78, 5) is 19.9. The van der Waals surface area contributed by atoms with Crippen molar-refractivity contribution in [2.75, 3.05) is 0 Å². The maximum Gasteiger partial charge on any atom is 0.268 e. The highest BCUT2D eigenvalue weighted by Gasteiger charge is 2.15. The molecule has 6 heteroatoms. The number of rotatable bonds is 6. The van der Waals surface area contributed by atoms with Gasteiger partial charge in [0, 0.05) is 10.9 Å². The molecular weight excluding hydrogens is 369 g/mol. The Bertz CT molecular complexity index is 1120. The smallest absolute Gasteiger partial charge is 0.268 e. The third-order valence-corrected chi connectivity index (χ3v) is 4.63. The van der Waals surface area contributed by atoms with E-state index in [1.54, 1.807) is 18.3 Å². The normalized spacial score (nSPS) is 11.9. The van der Waals surface area contributed by atoms with E-state index in [1.807, 2.05) is 49.4 Å². The summed E-state index contributed by atoms with van der Waals surface area (Å²) in [6, 6.07) is 19.2. The number of hydrogen-bond acceptors (Lipinski definition) is 3. The molecule has 0 fully saturated rings. The van der Waals surface area contributed by atoms with Gasteiger partial charge >= 0.3 is 0 Å². The summed E-state index contributed by atoms with van der Waals surface area (Å²) in [6.45, 7) is 2.32. The second-order valence-corrected chi connectivity index (χ2v) is 6.80. The van der Waals surface area contributed by atoms with Crippen LogP contribution in [0.1, 0.15) is 34.7 Å². The van der Waals surface area contributed by atoms with Crippen molar-refractivity contribution in [1.29, 1.82) is 0 Å². The molecule has 0 unspecified atom stereocenters. The molecule has 0 aliphatic heterocycles. The van der Waals surface area contributed by atoms with Crippen LogP contribution in [0.4, 0.5) is 4.39 Å². The molecule has 1 atom stereocenters. The van der Waals surface area contributed by atoms with Crippen molar-refractivity contribution in [3.63, 3.8) is 0 Å². The maximum absolute atomic E-state index is 13.3. The van der Waals surface area contributed by atoms with Crippen molar-refractivity contribution in [3.05, 3.63) is 95.7 Å². The van der Waals surface area contributed by atoms with Gasteiger partial charge in [-0.15, -0.1) is 0 Å². The Kier molecular flexibility index (Phi) is 5.24. The van der Waals surface area contributed by atoms with E-state index in [-0.39, 0.29) is 17.8 Å². The van der Waals surface area contributed by atoms with E-state index in [4.69, 9.17) is 4.74 Å². The number of pyridine rings is 1. The van der Waals surface area contributed by atoms with Crippen LogP contribution in [0.5, 0.6) is 5.75 Å². The summed E-state index contributed by atoms with van der Waals surface area (Å²) in [7, 11) is 0. The average molecular weight is 389 g/mol. The first-order valence-electron chi connectivity index (χ1n) is 9.30. The topological polar surface area (TPSA) is 67.0 Å². The molecule has 2 N–H and O–H groups in total. The predicted molar refractivity (Wildman–Crippen MR) is 109 cm³/mol. The number of H-pyrrole nitrogens is 1. The number of carbonyl (C=O) groups is 1. The van der Waals surface area contributed by atoms with Crippen LogP contribution in [0, 0.1) is 5.82 Å². The lowest BCUT2D eigenvalue weighted by Crippen LogP contribution is -2.27. The molecule has 29 heavy (non-hydrogen) atoms. The zero-order chi connectivity index (χ0) is 20.2. The third-order valence-electron chi connectivity index (χ3n) is 4.63. The van der Waals surface area contributed by atoms with Gasteiger partial charge in [-0.3, -0.25) is 9.78 Å². The Labute approximate surface area is 167 Å². The van der Waals surface area contributed by atoms with E-state index >= 15 is 0 Å². The lowest BCUT2D eigenvalue weighted by Gasteiger charge is -2.13. The summed E-state index contributed by atoms with van der Waals surface area (Å²) in [5.74, 6) is 0.0460. The minimum absolute atomic E-state index is 0.277. The number of nitrogens with one attached hydrogen (secondary N) is 2. The Morgan fingerprint density at radius 3 is 2.72 bits per heavy atom. The number of carbonyl (C=O) groups excluding carboxylic acids is 1. The zero-order valence-electron chi connectivity index (χ0n) is 15.9. The molecule has 4 rings (SSSR count). The van der Waals surface area contributed by atoms with Crippen LogP contribution in [0.15, 0.2) is 72.9 Å². The highest BCUT2D eigenvalue weighted by atomic mass is 19.1. The van der Waals surface area contributed by atoms with Gasteiger partial charge in [-0.05, 0) is 48.9 Å². The largest absolute Gasteiger partial charge is 0.487 e. The summed E-state index contributed by atoms with van der Waals surface area (Å²) in [5, 5.41) is 3.55. The second kappa shape index (κ2) is 8.14. The molecule has 0 saturated heterocycles. The molecule has 2 heterocycles. The first-order valence-corrected chi connectivity index (χ1v) is 9.30. The fourth-order valence-corrected chi connectivity index (χ4v) is 3.05. The average Bonchev–Trinajstić information content (AvgIpc) is 3.17. The number of amides is 1. The third kappa shape index (κ3) is 4.43. The van der Waals surface area contributed by atoms with Crippen LogP contribution >= 0.6 is 0 Å². The van der Waals surface area contributed by atoms with Gasteiger partial charge in [0.25, 0.3) is 5.91 Å². The van der Waals surface area contributed by atoms with Gasteiger partial charge in [0.2, 0.25) is 0 Å². The molecule has 0 saturated carbocycles. The Morgan fingerprint density at radius 2 is 1.97 bits per heavy atom. The molecule has 5 nitrogen and oxygen atoms in total. The fraction of sp³-hybridized carbons (Fsp3) is 0.130. The molecule has 2 aromatic heterocycles. The first kappa shape index (κ1) is 18.7. The van der Waals surface area contributed by atoms with Gasteiger partial charge in [0.15, 0.2) is 0 Å². The quantitative estimate of drug-likeness (QED) is 0.499. The van der Waals surface area contributed by atoms with Gasteiger partial charge in [-0.1, -0.05) is 30.3 Å². The van der Waals surface area contributed by atoms with E-state index < -0.39 is 0 Å². The van der Waals surface area contributed by atoms with Crippen LogP contribution in [-0.4, -0.2) is 15.9 Å². The molecule has 1 amide bonds. The van der Waals surface area contributed by atoms with E-state index in [1.165, 1.54) is 12.1 Å². The van der Waals surface area contributed by atoms with Crippen LogP contribution in [0.2, 0.25) is 0 Å². The van der Waals surface area contributed by atoms with E-state index in [0.29, 0.717) is 34.6 Å². The SMILES string of the molecule is C[C@@H](NC(=O)c1cc2cc(F)ccc2[nH]1)c1ccc(OCc2ccccc2)cn1. The monoisotopic (exact) mass is 389 g/mol. The fourth-order valence-electron chi connectivity index (χ4n) is 3.05. The molecule has 0 aliphatic carbocycles. The van der Waals surface area contributed by atoms with Gasteiger partial charge in [0.1, 0.15) is 23.9 Å². The highest BCUT2D eigenvalue weighted by molar-refractivity contribution is 5.98. The number of aromatic nitrogens is 2. The zero-order valence-corrected chi connectivity index (χ0v) is 15.9. The number of ether oxygens (including phenoxy) is 1. The van der Waals surface area contributed by atoms with Crippen molar-refractivity contribution in [1.82, 2.24) is 15.3 Å². The molecule has 0 aliphatic rings. The molecule has 4 aromatic rings. The van der Waals surface area contributed by atoms with E-state index in [2.05, 4.69) is 15.3 Å². The standard InChI is InChI=1S/C23H20FN3O2/c1-15(26-23(28)22-12-17-11-18(24)7-9-21(17)27-22)20-10-8-19(13-25-20)29-14-16-5-3-2-4-6-16/h2-13,15,27H,14H2,1H3,(H,26,28)/t15-/m1/s1. The number of fused-ring (bicyclic) bond motifs is 1. The Morgan fingerprint density at radius 1 is 1.14 bits per heavy atom. The number of nitrogens with zero attached hydrogens (tertiary/aromatic N) is 1. The van der Waals surface area contributed by atoms with Gasteiger partial charge < -0.3 is 15.0 Å². The van der Waals surface area contributed by atoms with Crippen molar-refractivity contribution in [2.24, 2.45) is 0 Å². The lowest BCUT2D eigenvalue weighted by atomic mass is 10.2. The molecule has 0 spiro atoms. The van der Waals surface area contributed by atoms with Crippen LogP contribution in [0.25, 0.3) is 10.9 Å². The van der Waals surface area contributed by atoms with Crippen LogP contribution < -0.4 is 10.1 Å². The number of benzene rings is 2. The first-order chi connectivity index (χ1) is 14.1. The van der Waals surface area contributed by atoms with E-state index in [0.717, 1.165) is 5.56 Å².